The number of amides is 1. The summed E-state index contributed by atoms with van der Waals surface area (Å²) in [6, 6.07) is 13.2. The quantitative estimate of drug-likeness (QED) is 0.636. The summed E-state index contributed by atoms with van der Waals surface area (Å²) in [5.41, 5.74) is 2.54. The van der Waals surface area contributed by atoms with Crippen LogP contribution in [-0.2, 0) is 17.9 Å². The zero-order chi connectivity index (χ0) is 20.8. The van der Waals surface area contributed by atoms with E-state index in [2.05, 4.69) is 24.1 Å². The summed E-state index contributed by atoms with van der Waals surface area (Å²) in [7, 11) is 0. The summed E-state index contributed by atoms with van der Waals surface area (Å²) in [4.78, 5) is 29.1. The molecule has 0 radical (unpaired) electrons. The fourth-order valence-electron chi connectivity index (χ4n) is 2.97. The average Bonchev–Trinajstić information content (AvgIpc) is 2.71. The minimum Gasteiger partial charge on any atom is -0.493 e. The van der Waals surface area contributed by atoms with Crippen molar-refractivity contribution >= 4 is 16.8 Å². The molecule has 6 heteroatoms. The van der Waals surface area contributed by atoms with Gasteiger partial charge in [-0.15, -0.1) is 0 Å². The average molecular weight is 393 g/mol. The molecule has 0 atom stereocenters. The molecular weight excluding hydrogens is 366 g/mol. The van der Waals surface area contributed by atoms with Crippen molar-refractivity contribution in [1.82, 2.24) is 14.9 Å². The SMILES string of the molecule is Cc1cccc2c(=O)n(CCC(=O)NCc3ccc(OCC(C)C)cc3)cnc12. The number of hydrogen-bond donors (Lipinski definition) is 1. The van der Waals surface area contributed by atoms with Gasteiger partial charge in [0.2, 0.25) is 5.91 Å². The largest absolute Gasteiger partial charge is 0.493 e. The molecule has 0 saturated carbocycles. The zero-order valence-corrected chi connectivity index (χ0v) is 17.1. The van der Waals surface area contributed by atoms with E-state index in [-0.39, 0.29) is 17.9 Å². The highest BCUT2D eigenvalue weighted by Gasteiger charge is 2.08. The molecule has 0 aliphatic heterocycles. The predicted molar refractivity (Wildman–Crippen MR) is 114 cm³/mol. The van der Waals surface area contributed by atoms with Crippen LogP contribution in [0.15, 0.2) is 53.6 Å². The fourth-order valence-corrected chi connectivity index (χ4v) is 2.97. The highest BCUT2D eigenvalue weighted by Crippen LogP contribution is 2.13. The normalized spacial score (nSPS) is 11.0. The van der Waals surface area contributed by atoms with Crippen molar-refractivity contribution in [3.8, 4) is 5.75 Å². The Labute approximate surface area is 170 Å². The Kier molecular flexibility index (Phi) is 6.65. The Bertz CT molecular complexity index is 1040. The Morgan fingerprint density at radius 2 is 1.93 bits per heavy atom. The maximum atomic E-state index is 12.6. The number of rotatable bonds is 8. The van der Waals surface area contributed by atoms with Crippen molar-refractivity contribution in [2.45, 2.75) is 40.3 Å². The van der Waals surface area contributed by atoms with Gasteiger partial charge in [-0.2, -0.15) is 0 Å². The number of carbonyl (C=O) groups is 1. The second-order valence-electron chi connectivity index (χ2n) is 7.59. The van der Waals surface area contributed by atoms with Crippen molar-refractivity contribution in [2.24, 2.45) is 5.92 Å². The van der Waals surface area contributed by atoms with Crippen molar-refractivity contribution in [1.29, 1.82) is 0 Å². The van der Waals surface area contributed by atoms with Gasteiger partial charge in [-0.1, -0.05) is 38.1 Å². The lowest BCUT2D eigenvalue weighted by Crippen LogP contribution is -2.27. The smallest absolute Gasteiger partial charge is 0.261 e. The third-order valence-electron chi connectivity index (χ3n) is 4.63. The van der Waals surface area contributed by atoms with E-state index in [1.165, 1.54) is 10.9 Å². The summed E-state index contributed by atoms with van der Waals surface area (Å²) in [5.74, 6) is 1.19. The number of nitrogens with one attached hydrogen (secondary N) is 1. The van der Waals surface area contributed by atoms with E-state index in [9.17, 15) is 9.59 Å². The monoisotopic (exact) mass is 393 g/mol. The topological polar surface area (TPSA) is 73.2 Å². The van der Waals surface area contributed by atoms with Crippen LogP contribution in [0.5, 0.6) is 5.75 Å². The molecule has 0 bridgehead atoms. The lowest BCUT2D eigenvalue weighted by atomic mass is 10.1. The van der Waals surface area contributed by atoms with Gasteiger partial charge in [-0.05, 0) is 42.2 Å². The van der Waals surface area contributed by atoms with Crippen molar-refractivity contribution in [3.63, 3.8) is 0 Å². The first-order chi connectivity index (χ1) is 13.9. The number of nitrogens with zero attached hydrogens (tertiary/aromatic N) is 2. The van der Waals surface area contributed by atoms with Crippen LogP contribution >= 0.6 is 0 Å². The Morgan fingerprint density at radius 3 is 2.66 bits per heavy atom. The Hall–Kier alpha value is -3.15. The van der Waals surface area contributed by atoms with E-state index in [0.29, 0.717) is 36.5 Å². The second kappa shape index (κ2) is 9.37. The van der Waals surface area contributed by atoms with Gasteiger partial charge in [0.1, 0.15) is 5.75 Å². The molecule has 6 nitrogen and oxygen atoms in total. The molecular formula is C23H27N3O3. The van der Waals surface area contributed by atoms with Crippen LogP contribution in [0.2, 0.25) is 0 Å². The molecule has 3 aromatic rings. The molecule has 152 valence electrons. The maximum absolute atomic E-state index is 12.6. The van der Waals surface area contributed by atoms with Gasteiger partial charge < -0.3 is 10.1 Å². The molecule has 0 saturated heterocycles. The van der Waals surface area contributed by atoms with Crippen LogP contribution in [0, 0.1) is 12.8 Å². The highest BCUT2D eigenvalue weighted by molar-refractivity contribution is 5.80. The van der Waals surface area contributed by atoms with Crippen LogP contribution in [0.25, 0.3) is 10.9 Å². The van der Waals surface area contributed by atoms with E-state index in [0.717, 1.165) is 16.9 Å². The first-order valence-electron chi connectivity index (χ1n) is 9.87. The van der Waals surface area contributed by atoms with Crippen LogP contribution in [-0.4, -0.2) is 22.1 Å². The van der Waals surface area contributed by atoms with E-state index in [1.54, 1.807) is 6.07 Å². The standard InChI is InChI=1S/C23H27N3O3/c1-16(2)14-29-19-9-7-18(8-10-19)13-24-21(27)11-12-26-15-25-22-17(3)5-4-6-20(22)23(26)28/h4-10,15-16H,11-14H2,1-3H3,(H,24,27). The van der Waals surface area contributed by atoms with E-state index >= 15 is 0 Å². The van der Waals surface area contributed by atoms with Gasteiger partial charge in [0.25, 0.3) is 5.56 Å². The Balaban J connectivity index is 1.52. The van der Waals surface area contributed by atoms with E-state index in [1.807, 2.05) is 43.3 Å². The lowest BCUT2D eigenvalue weighted by Gasteiger charge is -2.10. The van der Waals surface area contributed by atoms with Crippen LogP contribution in [0.1, 0.15) is 31.4 Å². The van der Waals surface area contributed by atoms with Crippen LogP contribution in [0.3, 0.4) is 0 Å². The molecule has 0 spiro atoms. The van der Waals surface area contributed by atoms with Gasteiger partial charge in [-0.3, -0.25) is 14.2 Å². The highest BCUT2D eigenvalue weighted by atomic mass is 16.5. The fraction of sp³-hybridized carbons (Fsp3) is 0.348. The van der Waals surface area contributed by atoms with E-state index < -0.39 is 0 Å². The van der Waals surface area contributed by atoms with Gasteiger partial charge in [0.15, 0.2) is 0 Å². The van der Waals surface area contributed by atoms with Crippen molar-refractivity contribution < 1.29 is 9.53 Å². The van der Waals surface area contributed by atoms with Crippen molar-refractivity contribution in [3.05, 3.63) is 70.3 Å². The predicted octanol–water partition coefficient (Wildman–Crippen LogP) is 3.45. The molecule has 0 aliphatic carbocycles. The number of hydrogen-bond acceptors (Lipinski definition) is 4. The summed E-state index contributed by atoms with van der Waals surface area (Å²) >= 11 is 0. The molecule has 2 aromatic carbocycles. The number of aryl methyl sites for hydroxylation is 2. The summed E-state index contributed by atoms with van der Waals surface area (Å²) in [5, 5.41) is 3.47. The number of para-hydroxylation sites is 1. The lowest BCUT2D eigenvalue weighted by molar-refractivity contribution is -0.121. The molecule has 1 amide bonds. The van der Waals surface area contributed by atoms with Gasteiger partial charge >= 0.3 is 0 Å². The molecule has 0 unspecified atom stereocenters. The molecule has 3 rings (SSSR count). The number of carbonyl (C=O) groups excluding carboxylic acids is 1. The number of benzene rings is 2. The molecule has 29 heavy (non-hydrogen) atoms. The first-order valence-corrected chi connectivity index (χ1v) is 9.87. The third-order valence-corrected chi connectivity index (χ3v) is 4.63. The second-order valence-corrected chi connectivity index (χ2v) is 7.59. The maximum Gasteiger partial charge on any atom is 0.261 e. The number of aromatic nitrogens is 2. The summed E-state index contributed by atoms with van der Waals surface area (Å²) in [6.07, 6.45) is 1.73. The van der Waals surface area contributed by atoms with Crippen molar-refractivity contribution in [2.75, 3.05) is 6.61 Å². The summed E-state index contributed by atoms with van der Waals surface area (Å²) < 4.78 is 7.15. The summed E-state index contributed by atoms with van der Waals surface area (Å²) in [6.45, 7) is 7.55. The molecule has 1 heterocycles. The third kappa shape index (κ3) is 5.44. The van der Waals surface area contributed by atoms with Gasteiger partial charge in [0, 0.05) is 19.5 Å². The number of ether oxygens (including phenoxy) is 1. The van der Waals surface area contributed by atoms with E-state index in [4.69, 9.17) is 4.74 Å². The molecule has 0 aliphatic rings. The first kappa shape index (κ1) is 20.6. The number of fused-ring (bicyclic) bond motifs is 1. The van der Waals surface area contributed by atoms with Gasteiger partial charge in [0.05, 0.1) is 23.8 Å². The van der Waals surface area contributed by atoms with Gasteiger partial charge in [-0.25, -0.2) is 4.98 Å². The Morgan fingerprint density at radius 1 is 1.17 bits per heavy atom. The minimum absolute atomic E-state index is 0.110. The minimum atomic E-state index is -0.122. The van der Waals surface area contributed by atoms with Crippen LogP contribution < -0.4 is 15.6 Å². The molecule has 0 fully saturated rings. The van der Waals surface area contributed by atoms with Crippen LogP contribution in [0.4, 0.5) is 0 Å². The molecule has 1 aromatic heterocycles. The molecule has 1 N–H and O–H groups in total. The zero-order valence-electron chi connectivity index (χ0n) is 17.1.